The summed E-state index contributed by atoms with van der Waals surface area (Å²) in [5, 5.41) is 13.0. The van der Waals surface area contributed by atoms with Crippen LogP contribution in [0.5, 0.6) is 5.75 Å². The molecule has 10 nitrogen and oxygen atoms in total. The smallest absolute Gasteiger partial charge is 0.409 e. The molecule has 1 heterocycles. The number of hydrogen-bond donors (Lipinski definition) is 2. The van der Waals surface area contributed by atoms with E-state index in [4.69, 9.17) is 14.6 Å². The molecule has 10 heteroatoms. The molecular weight excluding hydrogens is 418 g/mol. The number of carboxylic acid groups (broad SMARTS) is 1. The van der Waals surface area contributed by atoms with Crippen LogP contribution in [0.4, 0.5) is 10.5 Å². The van der Waals surface area contributed by atoms with Crippen LogP contribution in [0.2, 0.25) is 0 Å². The molecule has 0 atom stereocenters. The fraction of sp³-hybridized carbons (Fsp3) is 0.364. The van der Waals surface area contributed by atoms with Crippen molar-refractivity contribution in [2.75, 3.05) is 44.7 Å². The third kappa shape index (κ3) is 5.87. The minimum Gasteiger partial charge on any atom is -0.481 e. The van der Waals surface area contributed by atoms with Gasteiger partial charge in [-0.15, -0.1) is 0 Å². The zero-order chi connectivity index (χ0) is 23.1. The Bertz CT molecular complexity index is 1020. The van der Waals surface area contributed by atoms with Crippen LogP contribution in [0, 0.1) is 0 Å². The zero-order valence-electron chi connectivity index (χ0n) is 17.7. The van der Waals surface area contributed by atoms with Gasteiger partial charge in [0.05, 0.1) is 6.61 Å². The van der Waals surface area contributed by atoms with Crippen LogP contribution in [0.1, 0.15) is 13.3 Å². The van der Waals surface area contributed by atoms with Crippen LogP contribution < -0.4 is 10.1 Å². The lowest BCUT2D eigenvalue weighted by atomic mass is 10.1. The van der Waals surface area contributed by atoms with Crippen molar-refractivity contribution in [3.05, 3.63) is 36.4 Å². The maximum absolute atomic E-state index is 12.5. The van der Waals surface area contributed by atoms with Gasteiger partial charge in [0, 0.05) is 37.3 Å². The molecule has 2 aromatic carbocycles. The number of anilines is 1. The Hall–Kier alpha value is -3.82. The van der Waals surface area contributed by atoms with Gasteiger partial charge in [-0.3, -0.25) is 9.59 Å². The largest absolute Gasteiger partial charge is 0.481 e. The summed E-state index contributed by atoms with van der Waals surface area (Å²) in [6, 6.07) is 10.3. The van der Waals surface area contributed by atoms with E-state index in [9.17, 15) is 19.2 Å². The molecule has 0 radical (unpaired) electrons. The van der Waals surface area contributed by atoms with Crippen LogP contribution in [-0.2, 0) is 19.1 Å². The van der Waals surface area contributed by atoms with E-state index in [-0.39, 0.29) is 12.3 Å². The average molecular weight is 443 g/mol. The number of carbonyl (C=O) groups excluding carboxylic acids is 3. The third-order valence-electron chi connectivity index (χ3n) is 4.95. The van der Waals surface area contributed by atoms with Crippen molar-refractivity contribution in [1.82, 2.24) is 9.80 Å². The molecule has 0 spiro atoms. The van der Waals surface area contributed by atoms with E-state index in [0.717, 1.165) is 5.39 Å². The number of rotatable bonds is 7. The first-order chi connectivity index (χ1) is 15.4. The van der Waals surface area contributed by atoms with Gasteiger partial charge in [-0.1, -0.05) is 12.1 Å². The second-order valence-electron chi connectivity index (χ2n) is 7.17. The number of carbonyl (C=O) groups is 4. The van der Waals surface area contributed by atoms with Crippen molar-refractivity contribution in [3.8, 4) is 5.75 Å². The van der Waals surface area contributed by atoms with Crippen molar-refractivity contribution in [2.45, 2.75) is 13.3 Å². The molecule has 0 aliphatic carbocycles. The second-order valence-corrected chi connectivity index (χ2v) is 7.17. The van der Waals surface area contributed by atoms with Crippen LogP contribution >= 0.6 is 0 Å². The Morgan fingerprint density at radius 3 is 2.44 bits per heavy atom. The topological polar surface area (TPSA) is 125 Å². The maximum atomic E-state index is 12.5. The van der Waals surface area contributed by atoms with Gasteiger partial charge in [-0.2, -0.15) is 0 Å². The SMILES string of the molecule is CCOC(=O)N1CCN(C(=O)CC(=O)Nc2ccc3c(OCC(=O)O)cccc3c2)CC1. The molecule has 2 N–H and O–H groups in total. The summed E-state index contributed by atoms with van der Waals surface area (Å²) < 4.78 is 10.2. The van der Waals surface area contributed by atoms with Crippen LogP contribution in [0.3, 0.4) is 0 Å². The molecule has 0 aromatic heterocycles. The first-order valence-corrected chi connectivity index (χ1v) is 10.2. The lowest BCUT2D eigenvalue weighted by molar-refractivity contribution is -0.139. The van der Waals surface area contributed by atoms with Gasteiger partial charge < -0.3 is 29.7 Å². The van der Waals surface area contributed by atoms with E-state index in [1.807, 2.05) is 6.07 Å². The highest BCUT2D eigenvalue weighted by molar-refractivity contribution is 6.04. The number of piperazine rings is 1. The van der Waals surface area contributed by atoms with Gasteiger partial charge in [0.15, 0.2) is 6.61 Å². The summed E-state index contributed by atoms with van der Waals surface area (Å²) in [4.78, 5) is 50.4. The Morgan fingerprint density at radius 1 is 1.03 bits per heavy atom. The van der Waals surface area contributed by atoms with Gasteiger partial charge in [-0.05, 0) is 36.6 Å². The zero-order valence-corrected chi connectivity index (χ0v) is 17.7. The summed E-state index contributed by atoms with van der Waals surface area (Å²) in [6.07, 6.45) is -0.704. The number of aliphatic carboxylic acids is 1. The van der Waals surface area contributed by atoms with Gasteiger partial charge in [0.1, 0.15) is 12.2 Å². The van der Waals surface area contributed by atoms with E-state index in [1.54, 1.807) is 42.2 Å². The summed E-state index contributed by atoms with van der Waals surface area (Å²) in [5.74, 6) is -1.39. The molecule has 170 valence electrons. The van der Waals surface area contributed by atoms with Crippen molar-refractivity contribution in [3.63, 3.8) is 0 Å². The molecule has 1 saturated heterocycles. The minimum absolute atomic E-state index is 0.295. The van der Waals surface area contributed by atoms with Gasteiger partial charge in [0.25, 0.3) is 0 Å². The maximum Gasteiger partial charge on any atom is 0.409 e. The summed E-state index contributed by atoms with van der Waals surface area (Å²) >= 11 is 0. The number of benzene rings is 2. The quantitative estimate of drug-likeness (QED) is 0.626. The normalized spacial score (nSPS) is 13.5. The Balaban J connectivity index is 1.55. The summed E-state index contributed by atoms with van der Waals surface area (Å²) in [5.41, 5.74) is 0.512. The van der Waals surface area contributed by atoms with Crippen molar-refractivity contribution in [2.24, 2.45) is 0 Å². The molecule has 0 unspecified atom stereocenters. The predicted molar refractivity (Wildman–Crippen MR) is 116 cm³/mol. The predicted octanol–water partition coefficient (Wildman–Crippen LogP) is 1.93. The Morgan fingerprint density at radius 2 is 1.75 bits per heavy atom. The Labute approximate surface area is 184 Å². The Kier molecular flexibility index (Phi) is 7.48. The highest BCUT2D eigenvalue weighted by atomic mass is 16.6. The second kappa shape index (κ2) is 10.5. The lowest BCUT2D eigenvalue weighted by Gasteiger charge is -2.34. The fourth-order valence-electron chi connectivity index (χ4n) is 3.40. The fourth-order valence-corrected chi connectivity index (χ4v) is 3.40. The molecule has 2 aromatic rings. The molecule has 1 aliphatic heterocycles. The first kappa shape index (κ1) is 22.9. The van der Waals surface area contributed by atoms with Gasteiger partial charge in [0.2, 0.25) is 11.8 Å². The number of nitrogens with zero attached hydrogens (tertiary/aromatic N) is 2. The molecule has 1 aliphatic rings. The standard InChI is InChI=1S/C22H25N3O7/c1-2-31-22(30)25-10-8-24(9-11-25)20(27)13-19(26)23-16-6-7-17-15(12-16)4-3-5-18(17)32-14-21(28)29/h3-7,12H,2,8-11,13-14H2,1H3,(H,23,26)(H,28,29). The van der Waals surface area contributed by atoms with Gasteiger partial charge in [-0.25, -0.2) is 9.59 Å². The monoisotopic (exact) mass is 443 g/mol. The van der Waals surface area contributed by atoms with E-state index < -0.39 is 24.6 Å². The summed E-state index contributed by atoms with van der Waals surface area (Å²) in [7, 11) is 0. The average Bonchev–Trinajstić information content (AvgIpc) is 2.77. The molecule has 0 saturated carbocycles. The molecule has 0 bridgehead atoms. The van der Waals surface area contributed by atoms with Crippen molar-refractivity contribution < 1.29 is 33.8 Å². The third-order valence-corrected chi connectivity index (χ3v) is 4.95. The van der Waals surface area contributed by atoms with Gasteiger partial charge >= 0.3 is 12.1 Å². The molecule has 3 amide bonds. The lowest BCUT2D eigenvalue weighted by Crippen LogP contribution is -2.51. The highest BCUT2D eigenvalue weighted by Gasteiger charge is 2.25. The first-order valence-electron chi connectivity index (χ1n) is 10.2. The number of fused-ring (bicyclic) bond motifs is 1. The van der Waals surface area contributed by atoms with E-state index in [1.165, 1.54) is 4.90 Å². The molecule has 3 rings (SSSR count). The van der Waals surface area contributed by atoms with E-state index in [2.05, 4.69) is 5.32 Å². The molecule has 1 fully saturated rings. The van der Waals surface area contributed by atoms with Crippen molar-refractivity contribution in [1.29, 1.82) is 0 Å². The number of hydrogen-bond acceptors (Lipinski definition) is 6. The van der Waals surface area contributed by atoms with Crippen LogP contribution in [0.25, 0.3) is 10.8 Å². The number of nitrogens with one attached hydrogen (secondary N) is 1. The highest BCUT2D eigenvalue weighted by Crippen LogP contribution is 2.28. The number of carboxylic acids is 1. The minimum atomic E-state index is -1.07. The summed E-state index contributed by atoms with van der Waals surface area (Å²) in [6.45, 7) is 3.00. The van der Waals surface area contributed by atoms with E-state index in [0.29, 0.717) is 49.6 Å². The van der Waals surface area contributed by atoms with Crippen LogP contribution in [0.15, 0.2) is 36.4 Å². The number of amides is 3. The van der Waals surface area contributed by atoms with Crippen LogP contribution in [-0.4, -0.2) is 78.2 Å². The molecular formula is C22H25N3O7. The number of ether oxygens (including phenoxy) is 2. The van der Waals surface area contributed by atoms with Crippen molar-refractivity contribution >= 4 is 40.3 Å². The molecule has 32 heavy (non-hydrogen) atoms. The van der Waals surface area contributed by atoms with E-state index >= 15 is 0 Å².